The van der Waals surface area contributed by atoms with Gasteiger partial charge in [-0.05, 0) is 18.6 Å². The van der Waals surface area contributed by atoms with Crippen LogP contribution in [0.1, 0.15) is 38.2 Å². The number of halogens is 1. The van der Waals surface area contributed by atoms with Crippen LogP contribution in [-0.4, -0.2) is 33.8 Å². The van der Waals surface area contributed by atoms with Gasteiger partial charge in [-0.1, -0.05) is 26.2 Å². The molecule has 2 N–H and O–H groups in total. The van der Waals surface area contributed by atoms with Crippen LogP contribution in [0, 0.1) is 0 Å². The summed E-state index contributed by atoms with van der Waals surface area (Å²) < 4.78 is 10.6. The molecule has 0 saturated carbocycles. The quantitative estimate of drug-likeness (QED) is 0.270. The molecule has 1 aromatic rings. The SMILES string of the molecule is CCCCCCNC(=NC)NCc1ccc(OC)cc1OC.I. The molecule has 0 bridgehead atoms. The third-order valence-electron chi connectivity index (χ3n) is 3.49. The normalized spacial score (nSPS) is 10.7. The number of unbranched alkanes of at least 4 members (excludes halogenated alkanes) is 3. The standard InChI is InChI=1S/C17H29N3O2.HI/c1-5-6-7-8-11-19-17(18-2)20-13-14-9-10-15(21-3)12-16(14)22-4;/h9-10,12H,5-8,11,13H2,1-4H3,(H2,18,19,20);1H. The molecule has 0 radical (unpaired) electrons. The largest absolute Gasteiger partial charge is 0.497 e. The Labute approximate surface area is 157 Å². The maximum absolute atomic E-state index is 5.40. The molecule has 0 unspecified atom stereocenters. The molecule has 0 aliphatic carbocycles. The summed E-state index contributed by atoms with van der Waals surface area (Å²) in [6, 6.07) is 5.82. The highest BCUT2D eigenvalue weighted by molar-refractivity contribution is 14.0. The van der Waals surface area contributed by atoms with Crippen LogP contribution in [0.25, 0.3) is 0 Å². The fourth-order valence-corrected chi connectivity index (χ4v) is 2.16. The van der Waals surface area contributed by atoms with Crippen molar-refractivity contribution in [3.63, 3.8) is 0 Å². The topological polar surface area (TPSA) is 54.9 Å². The number of methoxy groups -OCH3 is 2. The van der Waals surface area contributed by atoms with Crippen molar-refractivity contribution >= 4 is 29.9 Å². The highest BCUT2D eigenvalue weighted by atomic mass is 127. The summed E-state index contributed by atoms with van der Waals surface area (Å²) >= 11 is 0. The van der Waals surface area contributed by atoms with E-state index in [0.717, 1.165) is 29.6 Å². The highest BCUT2D eigenvalue weighted by Gasteiger charge is 2.06. The Kier molecular flexibility index (Phi) is 12.6. The first-order chi connectivity index (χ1) is 10.7. The molecule has 0 aliphatic rings. The van der Waals surface area contributed by atoms with Crippen LogP contribution in [0.2, 0.25) is 0 Å². The number of hydrogen-bond acceptors (Lipinski definition) is 3. The minimum Gasteiger partial charge on any atom is -0.497 e. The van der Waals surface area contributed by atoms with Crippen LogP contribution in [0.4, 0.5) is 0 Å². The first-order valence-corrected chi connectivity index (χ1v) is 7.90. The number of rotatable bonds is 9. The molecule has 0 spiro atoms. The fourth-order valence-electron chi connectivity index (χ4n) is 2.16. The van der Waals surface area contributed by atoms with E-state index in [1.165, 1.54) is 25.7 Å². The lowest BCUT2D eigenvalue weighted by Crippen LogP contribution is -2.37. The number of ether oxygens (including phenoxy) is 2. The molecule has 6 heteroatoms. The molecular formula is C17H30IN3O2. The number of nitrogens with zero attached hydrogens (tertiary/aromatic N) is 1. The van der Waals surface area contributed by atoms with Gasteiger partial charge in [0.15, 0.2) is 5.96 Å². The number of benzene rings is 1. The van der Waals surface area contributed by atoms with E-state index in [0.29, 0.717) is 6.54 Å². The summed E-state index contributed by atoms with van der Waals surface area (Å²) in [6.45, 7) is 3.82. The number of nitrogens with one attached hydrogen (secondary N) is 2. The van der Waals surface area contributed by atoms with Gasteiger partial charge in [0.2, 0.25) is 0 Å². The molecule has 0 aromatic heterocycles. The van der Waals surface area contributed by atoms with Crippen molar-refractivity contribution in [2.45, 2.75) is 39.2 Å². The summed E-state index contributed by atoms with van der Waals surface area (Å²) in [6.07, 6.45) is 4.97. The Bertz CT molecular complexity index is 467. The van der Waals surface area contributed by atoms with Crippen molar-refractivity contribution < 1.29 is 9.47 Å². The zero-order valence-electron chi connectivity index (χ0n) is 14.6. The van der Waals surface area contributed by atoms with Gasteiger partial charge in [-0.2, -0.15) is 0 Å². The van der Waals surface area contributed by atoms with Crippen molar-refractivity contribution in [2.75, 3.05) is 27.8 Å². The predicted octanol–water partition coefficient (Wildman–Crippen LogP) is 3.57. The predicted molar refractivity (Wildman–Crippen MR) is 107 cm³/mol. The van der Waals surface area contributed by atoms with Crippen LogP contribution < -0.4 is 20.1 Å². The van der Waals surface area contributed by atoms with E-state index < -0.39 is 0 Å². The van der Waals surface area contributed by atoms with E-state index in [2.05, 4.69) is 22.5 Å². The Balaban J connectivity index is 0.00000484. The molecule has 0 amide bonds. The molecule has 1 aromatic carbocycles. The third kappa shape index (κ3) is 8.29. The molecular weight excluding hydrogens is 405 g/mol. The maximum Gasteiger partial charge on any atom is 0.191 e. The molecule has 132 valence electrons. The highest BCUT2D eigenvalue weighted by Crippen LogP contribution is 2.24. The van der Waals surface area contributed by atoms with Crippen LogP contribution >= 0.6 is 24.0 Å². The van der Waals surface area contributed by atoms with E-state index in [9.17, 15) is 0 Å². The van der Waals surface area contributed by atoms with Gasteiger partial charge < -0.3 is 20.1 Å². The van der Waals surface area contributed by atoms with Gasteiger partial charge in [-0.3, -0.25) is 4.99 Å². The first kappa shape index (κ1) is 21.8. The smallest absolute Gasteiger partial charge is 0.191 e. The lowest BCUT2D eigenvalue weighted by atomic mass is 10.2. The van der Waals surface area contributed by atoms with Crippen molar-refractivity contribution in [3.05, 3.63) is 23.8 Å². The second kappa shape index (κ2) is 13.3. The third-order valence-corrected chi connectivity index (χ3v) is 3.49. The van der Waals surface area contributed by atoms with Gasteiger partial charge in [0.25, 0.3) is 0 Å². The molecule has 0 aliphatic heterocycles. The van der Waals surface area contributed by atoms with E-state index in [1.807, 2.05) is 18.2 Å². The summed E-state index contributed by atoms with van der Waals surface area (Å²) in [7, 11) is 5.10. The van der Waals surface area contributed by atoms with Crippen molar-refractivity contribution in [2.24, 2.45) is 4.99 Å². The first-order valence-electron chi connectivity index (χ1n) is 7.90. The average molecular weight is 435 g/mol. The molecule has 0 fully saturated rings. The Morgan fingerprint density at radius 1 is 1.09 bits per heavy atom. The minimum atomic E-state index is 0. The number of guanidine groups is 1. The molecule has 23 heavy (non-hydrogen) atoms. The van der Waals surface area contributed by atoms with Crippen LogP contribution in [0.5, 0.6) is 11.5 Å². The Morgan fingerprint density at radius 3 is 2.48 bits per heavy atom. The molecule has 0 heterocycles. The summed E-state index contributed by atoms with van der Waals surface area (Å²) in [5.74, 6) is 2.42. The van der Waals surface area contributed by atoms with Crippen molar-refractivity contribution in [3.8, 4) is 11.5 Å². The van der Waals surface area contributed by atoms with Crippen LogP contribution in [0.15, 0.2) is 23.2 Å². The van der Waals surface area contributed by atoms with Gasteiger partial charge in [0.1, 0.15) is 11.5 Å². The Hall–Kier alpha value is -1.18. The van der Waals surface area contributed by atoms with E-state index in [4.69, 9.17) is 9.47 Å². The molecule has 0 saturated heterocycles. The minimum absolute atomic E-state index is 0. The summed E-state index contributed by atoms with van der Waals surface area (Å²) in [4.78, 5) is 4.24. The zero-order valence-corrected chi connectivity index (χ0v) is 17.0. The van der Waals surface area contributed by atoms with E-state index >= 15 is 0 Å². The van der Waals surface area contributed by atoms with Crippen molar-refractivity contribution in [1.29, 1.82) is 0 Å². The van der Waals surface area contributed by atoms with Gasteiger partial charge in [-0.25, -0.2) is 0 Å². The van der Waals surface area contributed by atoms with E-state index in [-0.39, 0.29) is 24.0 Å². The van der Waals surface area contributed by atoms with Gasteiger partial charge >= 0.3 is 0 Å². The second-order valence-corrected chi connectivity index (χ2v) is 5.09. The Morgan fingerprint density at radius 2 is 1.87 bits per heavy atom. The van der Waals surface area contributed by atoms with Crippen LogP contribution in [0.3, 0.4) is 0 Å². The van der Waals surface area contributed by atoms with Gasteiger partial charge in [0, 0.05) is 31.8 Å². The monoisotopic (exact) mass is 435 g/mol. The average Bonchev–Trinajstić information content (AvgIpc) is 2.57. The zero-order chi connectivity index (χ0) is 16.2. The van der Waals surface area contributed by atoms with Gasteiger partial charge in [0.05, 0.1) is 14.2 Å². The summed E-state index contributed by atoms with van der Waals surface area (Å²) in [5, 5.41) is 6.64. The molecule has 1 rings (SSSR count). The lowest BCUT2D eigenvalue weighted by molar-refractivity contribution is 0.390. The lowest BCUT2D eigenvalue weighted by Gasteiger charge is -2.14. The maximum atomic E-state index is 5.40. The van der Waals surface area contributed by atoms with Crippen LogP contribution in [-0.2, 0) is 6.54 Å². The second-order valence-electron chi connectivity index (χ2n) is 5.09. The van der Waals surface area contributed by atoms with Crippen molar-refractivity contribution in [1.82, 2.24) is 10.6 Å². The van der Waals surface area contributed by atoms with E-state index in [1.54, 1.807) is 21.3 Å². The number of hydrogen-bond donors (Lipinski definition) is 2. The summed E-state index contributed by atoms with van der Waals surface area (Å²) in [5.41, 5.74) is 1.07. The van der Waals surface area contributed by atoms with Gasteiger partial charge in [-0.15, -0.1) is 24.0 Å². The fraction of sp³-hybridized carbons (Fsp3) is 0.588. The number of aliphatic imine (C=N–C) groups is 1. The molecule has 0 atom stereocenters. The molecule has 5 nitrogen and oxygen atoms in total.